The number of hydrogen-bond acceptors (Lipinski definition) is 9. The number of carbonyl (C=O) groups excluding carboxylic acids is 1. The normalized spacial score (nSPS) is 12.4. The first-order valence-corrected chi connectivity index (χ1v) is 10.2. The largest absolute Gasteiger partial charge is 0.289 e. The number of benzene rings is 2. The number of non-ortho nitro benzene ring substituents is 1. The Hall–Kier alpha value is -3.74. The fraction of sp³-hybridized carbons (Fsp3) is 0.235. The molecular formula is C17H13N3O9S. The molecule has 0 unspecified atom stereocenters. The van der Waals surface area contributed by atoms with E-state index in [0.29, 0.717) is 18.9 Å². The van der Waals surface area contributed by atoms with Crippen molar-refractivity contribution in [1.82, 2.24) is 0 Å². The lowest BCUT2D eigenvalue weighted by atomic mass is 10.0. The highest BCUT2D eigenvalue weighted by Crippen LogP contribution is 2.49. The van der Waals surface area contributed by atoms with E-state index in [0.717, 1.165) is 18.2 Å². The van der Waals surface area contributed by atoms with Gasteiger partial charge in [-0.25, -0.2) is 8.42 Å². The zero-order valence-electron chi connectivity index (χ0n) is 15.4. The Morgan fingerprint density at radius 3 is 1.87 bits per heavy atom. The lowest BCUT2D eigenvalue weighted by Crippen LogP contribution is -2.09. The number of sulfone groups is 1. The monoisotopic (exact) mass is 435 g/mol. The quantitative estimate of drug-likeness (QED) is 0.397. The van der Waals surface area contributed by atoms with Crippen molar-refractivity contribution >= 4 is 32.7 Å². The molecule has 12 nitrogen and oxygen atoms in total. The van der Waals surface area contributed by atoms with Crippen LogP contribution < -0.4 is 0 Å². The standard InChI is InChI=1S/C17H13N3O9S/c1-2-3-4-30(28,29)10-7-12-16(14(8-10)20(26)27)15-11(17(12)21)5-9(18(22)23)6-13(15)19(24)25/h5-8H,2-4H2,1H3. The van der Waals surface area contributed by atoms with Gasteiger partial charge in [0.1, 0.15) is 0 Å². The van der Waals surface area contributed by atoms with Crippen LogP contribution in [0.15, 0.2) is 29.2 Å². The minimum atomic E-state index is -3.96. The number of nitrogens with zero attached hydrogens (tertiary/aromatic N) is 3. The van der Waals surface area contributed by atoms with E-state index < -0.39 is 74.6 Å². The summed E-state index contributed by atoms with van der Waals surface area (Å²) in [5.74, 6) is -1.26. The molecular weight excluding hydrogens is 422 g/mol. The van der Waals surface area contributed by atoms with Gasteiger partial charge in [-0.3, -0.25) is 35.1 Å². The molecule has 2 aromatic carbocycles. The number of hydrogen-bond donors (Lipinski definition) is 0. The van der Waals surface area contributed by atoms with Crippen LogP contribution in [0.5, 0.6) is 0 Å². The van der Waals surface area contributed by atoms with Gasteiger partial charge in [-0.1, -0.05) is 13.3 Å². The van der Waals surface area contributed by atoms with Crippen molar-refractivity contribution in [3.63, 3.8) is 0 Å². The first kappa shape index (κ1) is 21.0. The van der Waals surface area contributed by atoms with Gasteiger partial charge in [-0.2, -0.15) is 0 Å². The van der Waals surface area contributed by atoms with E-state index in [1.165, 1.54) is 0 Å². The molecule has 3 rings (SSSR count). The molecule has 0 N–H and O–H groups in total. The van der Waals surface area contributed by atoms with Crippen LogP contribution in [-0.4, -0.2) is 34.7 Å². The maximum Gasteiger partial charge on any atom is 0.285 e. The average Bonchev–Trinajstić information content (AvgIpc) is 2.97. The zero-order chi connectivity index (χ0) is 22.4. The number of fused-ring (bicyclic) bond motifs is 3. The van der Waals surface area contributed by atoms with Gasteiger partial charge in [-0.15, -0.1) is 0 Å². The second kappa shape index (κ2) is 7.26. The maximum atomic E-state index is 12.8. The molecule has 1 aliphatic carbocycles. The topological polar surface area (TPSA) is 181 Å². The number of carbonyl (C=O) groups is 1. The molecule has 0 heterocycles. The lowest BCUT2D eigenvalue weighted by molar-refractivity contribution is -0.394. The van der Waals surface area contributed by atoms with Crippen molar-refractivity contribution < 1.29 is 28.0 Å². The van der Waals surface area contributed by atoms with Crippen molar-refractivity contribution in [3.8, 4) is 11.1 Å². The molecule has 30 heavy (non-hydrogen) atoms. The maximum absolute atomic E-state index is 12.8. The molecule has 2 aromatic rings. The Kier molecular flexibility index (Phi) is 5.08. The van der Waals surface area contributed by atoms with E-state index in [4.69, 9.17) is 0 Å². The van der Waals surface area contributed by atoms with Gasteiger partial charge in [0, 0.05) is 23.3 Å². The summed E-state index contributed by atoms with van der Waals surface area (Å²) in [6, 6.07) is 3.10. The predicted octanol–water partition coefficient (Wildman–Crippen LogP) is 3.20. The van der Waals surface area contributed by atoms with E-state index in [9.17, 15) is 43.6 Å². The summed E-state index contributed by atoms with van der Waals surface area (Å²) in [4.78, 5) is 43.8. The summed E-state index contributed by atoms with van der Waals surface area (Å²) in [7, 11) is -3.96. The van der Waals surface area contributed by atoms with Crippen molar-refractivity contribution in [2.75, 3.05) is 5.75 Å². The highest BCUT2D eigenvalue weighted by molar-refractivity contribution is 7.91. The molecule has 0 radical (unpaired) electrons. The average molecular weight is 435 g/mol. The summed E-state index contributed by atoms with van der Waals surface area (Å²) in [5, 5.41) is 34.2. The molecule has 0 saturated carbocycles. The molecule has 1 aliphatic rings. The van der Waals surface area contributed by atoms with Crippen molar-refractivity contribution in [3.05, 3.63) is 65.7 Å². The molecule has 156 valence electrons. The van der Waals surface area contributed by atoms with E-state index in [-0.39, 0.29) is 5.75 Å². The SMILES string of the molecule is CCCCS(=O)(=O)c1cc2c(c([N+](=O)[O-])c1)-c1c(cc([N+](=O)[O-])cc1[N+](=O)[O-])C2=O. The van der Waals surface area contributed by atoms with Gasteiger partial charge in [-0.05, 0) is 12.5 Å². The predicted molar refractivity (Wildman–Crippen MR) is 102 cm³/mol. The van der Waals surface area contributed by atoms with Crippen molar-refractivity contribution in [2.45, 2.75) is 24.7 Å². The summed E-state index contributed by atoms with van der Waals surface area (Å²) < 4.78 is 25.1. The smallest absolute Gasteiger partial charge is 0.285 e. The summed E-state index contributed by atoms with van der Waals surface area (Å²) in [6.07, 6.45) is 0.839. The third-order valence-corrected chi connectivity index (χ3v) is 6.44. The third kappa shape index (κ3) is 3.28. The molecule has 0 bridgehead atoms. The van der Waals surface area contributed by atoms with E-state index in [1.807, 2.05) is 0 Å². The number of unbranched alkanes of at least 4 members (excludes halogenated alkanes) is 1. The van der Waals surface area contributed by atoms with E-state index >= 15 is 0 Å². The second-order valence-electron chi connectivity index (χ2n) is 6.53. The molecule has 0 amide bonds. The lowest BCUT2D eigenvalue weighted by Gasteiger charge is -2.07. The molecule has 0 aromatic heterocycles. The van der Waals surface area contributed by atoms with Crippen LogP contribution in [0, 0.1) is 30.3 Å². The number of ketones is 1. The number of nitro benzene ring substituents is 3. The minimum Gasteiger partial charge on any atom is -0.289 e. The number of nitro groups is 3. The van der Waals surface area contributed by atoms with Crippen LogP contribution in [0.1, 0.15) is 35.7 Å². The molecule has 0 saturated heterocycles. The fourth-order valence-corrected chi connectivity index (χ4v) is 4.76. The highest BCUT2D eigenvalue weighted by Gasteiger charge is 2.41. The van der Waals surface area contributed by atoms with Gasteiger partial charge in [0.05, 0.1) is 42.6 Å². The molecule has 13 heteroatoms. The van der Waals surface area contributed by atoms with Crippen LogP contribution in [0.3, 0.4) is 0 Å². The third-order valence-electron chi connectivity index (χ3n) is 4.66. The van der Waals surface area contributed by atoms with Gasteiger partial charge >= 0.3 is 0 Å². The second-order valence-corrected chi connectivity index (χ2v) is 8.63. The zero-order valence-corrected chi connectivity index (χ0v) is 16.2. The Labute approximate surface area is 168 Å². The molecule has 0 aliphatic heterocycles. The van der Waals surface area contributed by atoms with Gasteiger partial charge < -0.3 is 0 Å². The van der Waals surface area contributed by atoms with Crippen LogP contribution >= 0.6 is 0 Å². The number of rotatable bonds is 7. The van der Waals surface area contributed by atoms with Crippen LogP contribution in [-0.2, 0) is 9.84 Å². The molecule has 0 atom stereocenters. The summed E-state index contributed by atoms with van der Waals surface area (Å²) >= 11 is 0. The molecule has 0 spiro atoms. The van der Waals surface area contributed by atoms with Crippen LogP contribution in [0.2, 0.25) is 0 Å². The van der Waals surface area contributed by atoms with Crippen molar-refractivity contribution in [1.29, 1.82) is 0 Å². The highest BCUT2D eigenvalue weighted by atomic mass is 32.2. The molecule has 0 fully saturated rings. The first-order valence-electron chi connectivity index (χ1n) is 8.56. The van der Waals surface area contributed by atoms with Gasteiger partial charge in [0.15, 0.2) is 15.6 Å². The first-order chi connectivity index (χ1) is 14.0. The van der Waals surface area contributed by atoms with E-state index in [2.05, 4.69) is 0 Å². The Bertz CT molecular complexity index is 1250. The Morgan fingerprint density at radius 2 is 1.37 bits per heavy atom. The van der Waals surface area contributed by atoms with Gasteiger partial charge in [0.2, 0.25) is 0 Å². The summed E-state index contributed by atoms with van der Waals surface area (Å²) in [6.45, 7) is 1.76. The fourth-order valence-electron chi connectivity index (χ4n) is 3.27. The van der Waals surface area contributed by atoms with E-state index in [1.54, 1.807) is 6.92 Å². The van der Waals surface area contributed by atoms with Gasteiger partial charge in [0.25, 0.3) is 17.1 Å². The van der Waals surface area contributed by atoms with Crippen LogP contribution in [0.25, 0.3) is 11.1 Å². The summed E-state index contributed by atoms with van der Waals surface area (Å²) in [5.41, 5.74) is -4.12. The van der Waals surface area contributed by atoms with Crippen LogP contribution in [0.4, 0.5) is 17.1 Å². The minimum absolute atomic E-state index is 0.291. The Morgan fingerprint density at radius 1 is 0.833 bits per heavy atom. The van der Waals surface area contributed by atoms with Crippen molar-refractivity contribution in [2.24, 2.45) is 0 Å². The Balaban J connectivity index is 2.38.